The molecule has 7 nitrogen and oxygen atoms in total. The van der Waals surface area contributed by atoms with E-state index in [1.54, 1.807) is 30.3 Å². The molecule has 124 valence electrons. The van der Waals surface area contributed by atoms with E-state index in [4.69, 9.17) is 8.83 Å². The number of benzene rings is 1. The van der Waals surface area contributed by atoms with Gasteiger partial charge in [0.1, 0.15) is 12.4 Å². The minimum Gasteiger partial charge on any atom is -0.459 e. The van der Waals surface area contributed by atoms with Gasteiger partial charge in [0.15, 0.2) is 5.76 Å². The Labute approximate surface area is 135 Å². The topological polar surface area (TPSA) is 81.5 Å². The summed E-state index contributed by atoms with van der Waals surface area (Å²) in [6.45, 7) is -0.225. The summed E-state index contributed by atoms with van der Waals surface area (Å²) >= 11 is 0. The van der Waals surface area contributed by atoms with Crippen molar-refractivity contribution < 1.29 is 18.0 Å². The molecule has 0 N–H and O–H groups in total. The average Bonchev–Trinajstić information content (AvgIpc) is 3.20. The van der Waals surface area contributed by atoms with Crippen LogP contribution in [0.15, 0.2) is 56.3 Å². The predicted octanol–water partition coefficient (Wildman–Crippen LogP) is 1.89. The van der Waals surface area contributed by atoms with Crippen molar-refractivity contribution in [1.29, 1.82) is 0 Å². The van der Waals surface area contributed by atoms with Gasteiger partial charge in [-0.1, -0.05) is 18.2 Å². The number of furan rings is 1. The Kier molecular flexibility index (Phi) is 4.28. The Bertz CT molecular complexity index is 898. The van der Waals surface area contributed by atoms with E-state index in [0.717, 1.165) is 4.68 Å². The fourth-order valence-corrected chi connectivity index (χ4v) is 2.13. The summed E-state index contributed by atoms with van der Waals surface area (Å²) in [6.07, 6.45) is 1.42. The van der Waals surface area contributed by atoms with Crippen molar-refractivity contribution in [2.75, 3.05) is 7.05 Å². The average molecular weight is 331 g/mol. The zero-order valence-electron chi connectivity index (χ0n) is 12.8. The third kappa shape index (κ3) is 3.27. The largest absolute Gasteiger partial charge is 0.459 e. The van der Waals surface area contributed by atoms with Crippen LogP contribution in [0.3, 0.4) is 0 Å². The monoisotopic (exact) mass is 331 g/mol. The molecule has 0 fully saturated rings. The maximum Gasteiger partial charge on any atom is 0.437 e. The van der Waals surface area contributed by atoms with Crippen molar-refractivity contribution >= 4 is 5.91 Å². The van der Waals surface area contributed by atoms with Crippen molar-refractivity contribution in [2.45, 2.75) is 13.1 Å². The highest BCUT2D eigenvalue weighted by Gasteiger charge is 2.17. The van der Waals surface area contributed by atoms with Crippen molar-refractivity contribution in [3.05, 3.63) is 64.6 Å². The molecule has 8 heteroatoms. The Balaban J connectivity index is 1.71. The number of aromatic nitrogens is 2. The molecule has 0 bridgehead atoms. The number of hydrogen-bond acceptors (Lipinski definition) is 5. The first-order valence-corrected chi connectivity index (χ1v) is 7.14. The van der Waals surface area contributed by atoms with Gasteiger partial charge in [-0.2, -0.15) is 4.68 Å². The Morgan fingerprint density at radius 1 is 1.29 bits per heavy atom. The molecule has 0 saturated carbocycles. The number of amides is 1. The number of carbonyl (C=O) groups excluding carboxylic acids is 1. The molecule has 0 saturated heterocycles. The molecule has 1 aromatic carbocycles. The Morgan fingerprint density at radius 2 is 2.08 bits per heavy atom. The molecule has 0 unspecified atom stereocenters. The van der Waals surface area contributed by atoms with Crippen LogP contribution in [-0.2, 0) is 17.9 Å². The highest BCUT2D eigenvalue weighted by molar-refractivity contribution is 5.75. The predicted molar refractivity (Wildman–Crippen MR) is 81.3 cm³/mol. The molecule has 1 amide bonds. The van der Waals surface area contributed by atoms with E-state index in [2.05, 4.69) is 5.10 Å². The quantitative estimate of drug-likeness (QED) is 0.713. The highest BCUT2D eigenvalue weighted by atomic mass is 19.1. The van der Waals surface area contributed by atoms with Gasteiger partial charge < -0.3 is 13.7 Å². The maximum atomic E-state index is 13.6. The molecular weight excluding hydrogens is 317 g/mol. The van der Waals surface area contributed by atoms with E-state index in [1.165, 1.54) is 24.3 Å². The standard InChI is InChI=1S/C16H14FN3O4/c1-19(9-11-5-2-3-6-12(11)17)14(21)10-20-16(22)24-15(18-20)13-7-4-8-23-13/h2-8H,9-10H2,1H3. The fourth-order valence-electron chi connectivity index (χ4n) is 2.13. The summed E-state index contributed by atoms with van der Waals surface area (Å²) in [6, 6.07) is 9.39. The minimum absolute atomic E-state index is 0.00504. The molecule has 0 aliphatic carbocycles. The van der Waals surface area contributed by atoms with Gasteiger partial charge in [0, 0.05) is 19.2 Å². The van der Waals surface area contributed by atoms with Crippen LogP contribution >= 0.6 is 0 Å². The number of halogens is 1. The van der Waals surface area contributed by atoms with Gasteiger partial charge in [-0.25, -0.2) is 9.18 Å². The lowest BCUT2D eigenvalue weighted by atomic mass is 10.2. The Morgan fingerprint density at radius 3 is 2.79 bits per heavy atom. The SMILES string of the molecule is CN(Cc1ccccc1F)C(=O)Cn1nc(-c2ccco2)oc1=O. The van der Waals surface area contributed by atoms with Crippen molar-refractivity contribution in [2.24, 2.45) is 0 Å². The normalized spacial score (nSPS) is 10.8. The number of nitrogens with zero attached hydrogens (tertiary/aromatic N) is 3. The third-order valence-corrected chi connectivity index (χ3v) is 3.41. The molecule has 0 aliphatic rings. The second-order valence-corrected chi connectivity index (χ2v) is 5.15. The minimum atomic E-state index is -0.769. The van der Waals surface area contributed by atoms with Crippen LogP contribution in [0.2, 0.25) is 0 Å². The van der Waals surface area contributed by atoms with Crippen LogP contribution in [-0.4, -0.2) is 27.6 Å². The lowest BCUT2D eigenvalue weighted by Crippen LogP contribution is -2.33. The number of hydrogen-bond donors (Lipinski definition) is 0. The second kappa shape index (κ2) is 6.53. The van der Waals surface area contributed by atoms with Crippen molar-refractivity contribution in [1.82, 2.24) is 14.7 Å². The van der Waals surface area contributed by atoms with Crippen LogP contribution < -0.4 is 5.76 Å². The van der Waals surface area contributed by atoms with Crippen molar-refractivity contribution in [3.63, 3.8) is 0 Å². The summed E-state index contributed by atoms with van der Waals surface area (Å²) < 4.78 is 24.6. The lowest BCUT2D eigenvalue weighted by Gasteiger charge is -2.17. The highest BCUT2D eigenvalue weighted by Crippen LogP contribution is 2.15. The molecule has 3 rings (SSSR count). The van der Waals surface area contributed by atoms with Gasteiger partial charge in [-0.05, 0) is 18.2 Å². The van der Waals surface area contributed by atoms with Gasteiger partial charge in [0.25, 0.3) is 5.89 Å². The van der Waals surface area contributed by atoms with Crippen LogP contribution in [0.1, 0.15) is 5.56 Å². The van der Waals surface area contributed by atoms with Gasteiger partial charge in [0.2, 0.25) is 5.91 Å². The van der Waals surface area contributed by atoms with E-state index >= 15 is 0 Å². The fraction of sp³-hybridized carbons (Fsp3) is 0.188. The van der Waals surface area contributed by atoms with Gasteiger partial charge in [-0.15, -0.1) is 5.10 Å². The molecule has 3 aromatic rings. The molecule has 2 aromatic heterocycles. The molecule has 0 aliphatic heterocycles. The Hall–Kier alpha value is -3.16. The van der Waals surface area contributed by atoms with Crippen LogP contribution in [0.25, 0.3) is 11.7 Å². The summed E-state index contributed by atoms with van der Waals surface area (Å²) in [5.41, 5.74) is 0.386. The maximum absolute atomic E-state index is 13.6. The first-order valence-electron chi connectivity index (χ1n) is 7.14. The summed E-state index contributed by atoms with van der Waals surface area (Å²) in [5, 5.41) is 3.92. The zero-order valence-corrected chi connectivity index (χ0v) is 12.8. The van der Waals surface area contributed by atoms with E-state index in [0.29, 0.717) is 5.56 Å². The number of likely N-dealkylation sites (N-methyl/N-ethyl adjacent to an activating group) is 1. The summed E-state index contributed by atoms with van der Waals surface area (Å²) in [4.78, 5) is 25.3. The molecule has 24 heavy (non-hydrogen) atoms. The van der Waals surface area contributed by atoms with E-state index in [9.17, 15) is 14.0 Å². The van der Waals surface area contributed by atoms with Gasteiger partial charge in [-0.3, -0.25) is 4.79 Å². The van der Waals surface area contributed by atoms with Crippen LogP contribution in [0.5, 0.6) is 0 Å². The smallest absolute Gasteiger partial charge is 0.437 e. The number of carbonyl (C=O) groups is 1. The van der Waals surface area contributed by atoms with Gasteiger partial charge >= 0.3 is 5.76 Å². The molecule has 0 atom stereocenters. The number of rotatable bonds is 5. The summed E-state index contributed by atoms with van der Waals surface area (Å²) in [7, 11) is 1.52. The lowest BCUT2D eigenvalue weighted by molar-refractivity contribution is -0.131. The van der Waals surface area contributed by atoms with Crippen molar-refractivity contribution in [3.8, 4) is 11.7 Å². The van der Waals surface area contributed by atoms with E-state index < -0.39 is 17.5 Å². The molecular formula is C16H14FN3O4. The third-order valence-electron chi connectivity index (χ3n) is 3.41. The second-order valence-electron chi connectivity index (χ2n) is 5.15. The molecule has 0 spiro atoms. The first kappa shape index (κ1) is 15.7. The van der Waals surface area contributed by atoms with Crippen LogP contribution in [0, 0.1) is 5.82 Å². The zero-order chi connectivity index (χ0) is 17.1. The van der Waals surface area contributed by atoms with E-state index in [1.807, 2.05) is 0 Å². The van der Waals surface area contributed by atoms with E-state index in [-0.39, 0.29) is 24.7 Å². The molecule has 0 radical (unpaired) electrons. The first-order chi connectivity index (χ1) is 11.5. The van der Waals surface area contributed by atoms with Crippen LogP contribution in [0.4, 0.5) is 4.39 Å². The molecule has 2 heterocycles. The van der Waals surface area contributed by atoms with Gasteiger partial charge in [0.05, 0.1) is 6.26 Å². The summed E-state index contributed by atoms with van der Waals surface area (Å²) in [5.74, 6) is -1.28.